The molecule has 0 unspecified atom stereocenters. The normalized spacial score (nSPS) is 15.6. The minimum Gasteiger partial charge on any atom is -0.491 e. The van der Waals surface area contributed by atoms with Crippen molar-refractivity contribution in [3.8, 4) is 11.8 Å². The SMILES string of the molecule is CC(C)(O)O[C@@H](CCO)COc1ccc2c(c1)C(C)(C)c1oc3cc(C#N)ccc3c1C2=O. The molecule has 1 aromatic heterocycles. The topological polar surface area (TPSA) is 113 Å². The van der Waals surface area contributed by atoms with Crippen LogP contribution in [0.25, 0.3) is 11.0 Å². The summed E-state index contributed by atoms with van der Waals surface area (Å²) < 4.78 is 17.6. The minimum atomic E-state index is -1.35. The quantitative estimate of drug-likeness (QED) is 0.523. The number of ether oxygens (including phenoxy) is 2. The largest absolute Gasteiger partial charge is 0.491 e. The lowest BCUT2D eigenvalue weighted by Gasteiger charge is -2.31. The summed E-state index contributed by atoms with van der Waals surface area (Å²) in [5, 5.41) is 29.1. The van der Waals surface area contributed by atoms with Gasteiger partial charge in [-0.15, -0.1) is 0 Å². The lowest BCUT2D eigenvalue weighted by atomic mass is 9.71. The van der Waals surface area contributed by atoms with E-state index in [1.54, 1.807) is 30.3 Å². The third kappa shape index (κ3) is 4.25. The van der Waals surface area contributed by atoms with Gasteiger partial charge in [-0.2, -0.15) is 5.26 Å². The van der Waals surface area contributed by atoms with Gasteiger partial charge in [0.25, 0.3) is 0 Å². The van der Waals surface area contributed by atoms with Crippen molar-refractivity contribution in [2.75, 3.05) is 13.2 Å². The maximum atomic E-state index is 13.4. The number of carbonyl (C=O) groups is 1. The smallest absolute Gasteiger partial charge is 0.197 e. The van der Waals surface area contributed by atoms with Gasteiger partial charge in [0, 0.05) is 29.4 Å². The summed E-state index contributed by atoms with van der Waals surface area (Å²) in [6, 6.07) is 12.5. The number of ketones is 1. The fraction of sp³-hybridized carbons (Fsp3) is 0.385. The van der Waals surface area contributed by atoms with E-state index >= 15 is 0 Å². The Balaban J connectivity index is 1.68. The Hall–Kier alpha value is -3.18. The highest BCUT2D eigenvalue weighted by atomic mass is 16.6. The second kappa shape index (κ2) is 8.31. The van der Waals surface area contributed by atoms with Gasteiger partial charge in [-0.3, -0.25) is 4.79 Å². The molecule has 2 N–H and O–H groups in total. The van der Waals surface area contributed by atoms with Crippen LogP contribution in [-0.2, 0) is 10.2 Å². The number of carbonyl (C=O) groups excluding carboxylic acids is 1. The van der Waals surface area contributed by atoms with Gasteiger partial charge in [-0.1, -0.05) is 0 Å². The number of benzene rings is 2. The average molecular weight is 450 g/mol. The van der Waals surface area contributed by atoms with Gasteiger partial charge in [-0.25, -0.2) is 0 Å². The van der Waals surface area contributed by atoms with Crippen LogP contribution in [0.1, 0.15) is 66.9 Å². The first-order valence-corrected chi connectivity index (χ1v) is 10.9. The Kier molecular flexibility index (Phi) is 5.79. The summed E-state index contributed by atoms with van der Waals surface area (Å²) in [6.07, 6.45) is -0.191. The van der Waals surface area contributed by atoms with E-state index in [1.807, 2.05) is 19.9 Å². The molecule has 1 aliphatic carbocycles. The molecule has 2 aromatic carbocycles. The van der Waals surface area contributed by atoms with Crippen molar-refractivity contribution in [3.05, 3.63) is 64.4 Å². The first-order valence-electron chi connectivity index (χ1n) is 10.9. The van der Waals surface area contributed by atoms with Crippen molar-refractivity contribution in [3.63, 3.8) is 0 Å². The summed E-state index contributed by atoms with van der Waals surface area (Å²) in [6.45, 7) is 7.05. The Bertz CT molecular complexity index is 1260. The van der Waals surface area contributed by atoms with Gasteiger partial charge in [0.2, 0.25) is 0 Å². The molecule has 172 valence electrons. The Labute approximate surface area is 192 Å². The van der Waals surface area contributed by atoms with Crippen LogP contribution in [0.15, 0.2) is 40.8 Å². The Morgan fingerprint density at radius 3 is 2.64 bits per heavy atom. The Morgan fingerprint density at radius 1 is 1.21 bits per heavy atom. The monoisotopic (exact) mass is 449 g/mol. The van der Waals surface area contributed by atoms with Gasteiger partial charge >= 0.3 is 0 Å². The number of nitrogens with zero attached hydrogens (tertiary/aromatic N) is 1. The molecule has 0 aliphatic heterocycles. The van der Waals surface area contributed by atoms with Gasteiger partial charge < -0.3 is 24.1 Å². The molecule has 0 radical (unpaired) electrons. The zero-order valence-electron chi connectivity index (χ0n) is 19.1. The summed E-state index contributed by atoms with van der Waals surface area (Å²) in [7, 11) is 0. The number of aliphatic hydroxyl groups is 2. The number of aliphatic hydroxyl groups excluding tert-OH is 1. The molecule has 7 nitrogen and oxygen atoms in total. The van der Waals surface area contributed by atoms with Crippen molar-refractivity contribution < 1.29 is 28.9 Å². The summed E-state index contributed by atoms with van der Waals surface area (Å²) in [5.41, 5.74) is 2.25. The van der Waals surface area contributed by atoms with Crippen molar-refractivity contribution in [1.29, 1.82) is 5.26 Å². The zero-order valence-corrected chi connectivity index (χ0v) is 19.1. The predicted molar refractivity (Wildman–Crippen MR) is 121 cm³/mol. The van der Waals surface area contributed by atoms with E-state index in [2.05, 4.69) is 6.07 Å². The zero-order chi connectivity index (χ0) is 24.0. The predicted octanol–water partition coefficient (Wildman–Crippen LogP) is 4.05. The molecule has 7 heteroatoms. The van der Waals surface area contributed by atoms with Crippen LogP contribution < -0.4 is 4.74 Å². The Morgan fingerprint density at radius 2 is 1.97 bits per heavy atom. The van der Waals surface area contributed by atoms with Crippen molar-refractivity contribution >= 4 is 16.8 Å². The summed E-state index contributed by atoms with van der Waals surface area (Å²) >= 11 is 0. The molecule has 0 fully saturated rings. The maximum absolute atomic E-state index is 13.4. The molecule has 1 aliphatic rings. The molecular formula is C26H27NO6. The van der Waals surface area contributed by atoms with Crippen LogP contribution >= 0.6 is 0 Å². The molecule has 0 saturated heterocycles. The van der Waals surface area contributed by atoms with Gasteiger partial charge in [-0.05, 0) is 69.7 Å². The molecule has 33 heavy (non-hydrogen) atoms. The summed E-state index contributed by atoms with van der Waals surface area (Å²) in [5.74, 6) is -0.372. The van der Waals surface area contributed by atoms with E-state index in [4.69, 9.17) is 13.9 Å². The highest BCUT2D eigenvalue weighted by Gasteiger charge is 2.41. The number of hydrogen-bond donors (Lipinski definition) is 2. The number of hydrogen-bond acceptors (Lipinski definition) is 7. The third-order valence-electron chi connectivity index (χ3n) is 5.86. The molecule has 1 heterocycles. The molecule has 0 amide bonds. The number of rotatable bonds is 7. The van der Waals surface area contributed by atoms with Gasteiger partial charge in [0.1, 0.15) is 23.7 Å². The minimum absolute atomic E-state index is 0.0990. The standard InChI is InChI=1S/C26H27NO6/c1-25(2)20-12-16(31-14-17(9-10-28)33-26(3,4)30)6-8-18(20)23(29)22-19-7-5-15(13-27)11-21(19)32-24(22)25/h5-8,11-12,17,28,30H,9-10,14H2,1-4H3/t17-/m0/s1. The van der Waals surface area contributed by atoms with Gasteiger partial charge in [0.15, 0.2) is 11.6 Å². The van der Waals surface area contributed by atoms with E-state index in [1.165, 1.54) is 13.8 Å². The van der Waals surface area contributed by atoms with Crippen LogP contribution in [0.2, 0.25) is 0 Å². The second-order valence-corrected chi connectivity index (χ2v) is 9.30. The first-order chi connectivity index (χ1) is 15.5. The molecular weight excluding hydrogens is 422 g/mol. The lowest BCUT2D eigenvalue weighted by Crippen LogP contribution is -2.34. The fourth-order valence-corrected chi connectivity index (χ4v) is 4.33. The third-order valence-corrected chi connectivity index (χ3v) is 5.86. The van der Waals surface area contributed by atoms with Crippen LogP contribution in [0.3, 0.4) is 0 Å². The van der Waals surface area contributed by atoms with E-state index < -0.39 is 17.3 Å². The van der Waals surface area contributed by atoms with Crippen LogP contribution in [-0.4, -0.2) is 41.1 Å². The molecule has 0 bridgehead atoms. The number of nitriles is 1. The van der Waals surface area contributed by atoms with Crippen LogP contribution in [0.5, 0.6) is 5.75 Å². The van der Waals surface area contributed by atoms with E-state index in [-0.39, 0.29) is 19.0 Å². The molecule has 0 saturated carbocycles. The van der Waals surface area contributed by atoms with E-state index in [0.717, 1.165) is 5.56 Å². The van der Waals surface area contributed by atoms with Crippen molar-refractivity contribution in [2.45, 2.75) is 51.4 Å². The molecule has 0 spiro atoms. The highest BCUT2D eigenvalue weighted by molar-refractivity contribution is 6.19. The van der Waals surface area contributed by atoms with Gasteiger partial charge in [0.05, 0.1) is 23.3 Å². The average Bonchev–Trinajstić information content (AvgIpc) is 3.15. The number of fused-ring (bicyclic) bond motifs is 4. The molecule has 4 rings (SSSR count). The second-order valence-electron chi connectivity index (χ2n) is 9.30. The van der Waals surface area contributed by atoms with E-state index in [9.17, 15) is 20.3 Å². The molecule has 3 aromatic rings. The van der Waals surface area contributed by atoms with Crippen LogP contribution in [0.4, 0.5) is 0 Å². The van der Waals surface area contributed by atoms with Crippen molar-refractivity contribution in [1.82, 2.24) is 0 Å². The van der Waals surface area contributed by atoms with Crippen molar-refractivity contribution in [2.24, 2.45) is 0 Å². The molecule has 1 atom stereocenters. The first kappa shape index (κ1) is 23.0. The highest BCUT2D eigenvalue weighted by Crippen LogP contribution is 2.46. The van der Waals surface area contributed by atoms with Crippen LogP contribution in [0, 0.1) is 11.3 Å². The number of furan rings is 1. The fourth-order valence-electron chi connectivity index (χ4n) is 4.33. The lowest BCUT2D eigenvalue weighted by molar-refractivity contribution is -0.213. The maximum Gasteiger partial charge on any atom is 0.197 e. The summed E-state index contributed by atoms with van der Waals surface area (Å²) in [4.78, 5) is 13.4. The van der Waals surface area contributed by atoms with E-state index in [0.29, 0.717) is 45.6 Å².